The topological polar surface area (TPSA) is 59.7 Å². The SMILES string of the molecule is O=C(Cc1ccsc1)N1CCOC(c2nnn3cc(-c4ccccc4)ccc23)C1. The van der Waals surface area contributed by atoms with E-state index in [-0.39, 0.29) is 12.0 Å². The normalized spacial score (nSPS) is 17.0. The maximum absolute atomic E-state index is 12.7. The molecule has 1 fully saturated rings. The fourth-order valence-electron chi connectivity index (χ4n) is 3.67. The van der Waals surface area contributed by atoms with Gasteiger partial charge < -0.3 is 9.64 Å². The molecule has 1 amide bonds. The van der Waals surface area contributed by atoms with Crippen LogP contribution in [0.5, 0.6) is 0 Å². The van der Waals surface area contributed by atoms with Gasteiger partial charge in [-0.25, -0.2) is 4.52 Å². The third-order valence-electron chi connectivity index (χ3n) is 5.21. The van der Waals surface area contributed by atoms with Gasteiger partial charge >= 0.3 is 0 Å². The predicted octanol–water partition coefficient (Wildman–Crippen LogP) is 3.60. The summed E-state index contributed by atoms with van der Waals surface area (Å²) in [5, 5.41) is 12.7. The molecule has 0 saturated carbocycles. The number of nitrogens with zero attached hydrogens (tertiary/aromatic N) is 4. The number of aromatic nitrogens is 3. The van der Waals surface area contributed by atoms with Gasteiger partial charge in [0.25, 0.3) is 0 Å². The number of pyridine rings is 1. The van der Waals surface area contributed by atoms with Crippen LogP contribution in [0.3, 0.4) is 0 Å². The molecule has 5 rings (SSSR count). The number of ether oxygens (including phenoxy) is 1. The molecule has 0 N–H and O–H groups in total. The Kier molecular flexibility index (Phi) is 4.83. The van der Waals surface area contributed by atoms with Crippen molar-refractivity contribution in [2.75, 3.05) is 19.7 Å². The monoisotopic (exact) mass is 404 g/mol. The number of rotatable bonds is 4. The van der Waals surface area contributed by atoms with E-state index in [1.54, 1.807) is 15.9 Å². The largest absolute Gasteiger partial charge is 0.368 e. The smallest absolute Gasteiger partial charge is 0.227 e. The van der Waals surface area contributed by atoms with Gasteiger partial charge in [0.1, 0.15) is 11.8 Å². The van der Waals surface area contributed by atoms with E-state index in [4.69, 9.17) is 4.74 Å². The quantitative estimate of drug-likeness (QED) is 0.521. The predicted molar refractivity (Wildman–Crippen MR) is 112 cm³/mol. The van der Waals surface area contributed by atoms with Gasteiger partial charge in [-0.2, -0.15) is 11.3 Å². The first-order chi connectivity index (χ1) is 14.3. The van der Waals surface area contributed by atoms with Crippen molar-refractivity contribution in [2.45, 2.75) is 12.5 Å². The average Bonchev–Trinajstić information content (AvgIpc) is 3.43. The van der Waals surface area contributed by atoms with Crippen LogP contribution in [0.25, 0.3) is 16.6 Å². The molecule has 7 heteroatoms. The summed E-state index contributed by atoms with van der Waals surface area (Å²) < 4.78 is 7.74. The van der Waals surface area contributed by atoms with Gasteiger partial charge in [0.2, 0.25) is 5.91 Å². The lowest BCUT2D eigenvalue weighted by Crippen LogP contribution is -2.43. The Morgan fingerprint density at radius 3 is 2.86 bits per heavy atom. The lowest BCUT2D eigenvalue weighted by molar-refractivity contribution is -0.138. The lowest BCUT2D eigenvalue weighted by atomic mass is 10.1. The molecule has 0 radical (unpaired) electrons. The molecule has 29 heavy (non-hydrogen) atoms. The number of hydrogen-bond acceptors (Lipinski definition) is 5. The molecule has 4 aromatic rings. The van der Waals surface area contributed by atoms with Crippen molar-refractivity contribution >= 4 is 22.8 Å². The summed E-state index contributed by atoms with van der Waals surface area (Å²) >= 11 is 1.61. The highest BCUT2D eigenvalue weighted by molar-refractivity contribution is 7.08. The molecule has 6 nitrogen and oxygen atoms in total. The molecule has 1 saturated heterocycles. The third-order valence-corrected chi connectivity index (χ3v) is 5.94. The molecule has 1 aromatic carbocycles. The second-order valence-electron chi connectivity index (χ2n) is 7.10. The molecule has 1 unspecified atom stereocenters. The van der Waals surface area contributed by atoms with Crippen molar-refractivity contribution in [3.8, 4) is 11.1 Å². The average molecular weight is 404 g/mol. The minimum atomic E-state index is -0.268. The van der Waals surface area contributed by atoms with Gasteiger partial charge in [-0.3, -0.25) is 4.79 Å². The van der Waals surface area contributed by atoms with Gasteiger partial charge in [0, 0.05) is 18.3 Å². The summed E-state index contributed by atoms with van der Waals surface area (Å²) in [6.45, 7) is 1.61. The van der Waals surface area contributed by atoms with Crippen molar-refractivity contribution in [2.24, 2.45) is 0 Å². The third kappa shape index (κ3) is 3.66. The number of morpholine rings is 1. The minimum Gasteiger partial charge on any atom is -0.368 e. The Hall–Kier alpha value is -3.03. The van der Waals surface area contributed by atoms with Crippen LogP contribution in [0.4, 0.5) is 0 Å². The highest BCUT2D eigenvalue weighted by Crippen LogP contribution is 2.27. The van der Waals surface area contributed by atoms with Crippen LogP contribution < -0.4 is 0 Å². The maximum Gasteiger partial charge on any atom is 0.227 e. The summed E-state index contributed by atoms with van der Waals surface area (Å²) in [6.07, 6.45) is 2.14. The number of fused-ring (bicyclic) bond motifs is 1. The summed E-state index contributed by atoms with van der Waals surface area (Å²) in [5.74, 6) is 0.125. The summed E-state index contributed by atoms with van der Waals surface area (Å²) in [5.41, 5.74) is 4.95. The second kappa shape index (κ2) is 7.77. The number of carbonyl (C=O) groups is 1. The number of benzene rings is 1. The zero-order chi connectivity index (χ0) is 19.6. The number of carbonyl (C=O) groups excluding carboxylic acids is 1. The van der Waals surface area contributed by atoms with Crippen molar-refractivity contribution in [3.63, 3.8) is 0 Å². The maximum atomic E-state index is 12.7. The van der Waals surface area contributed by atoms with Crippen molar-refractivity contribution in [3.05, 3.63) is 76.7 Å². The van der Waals surface area contributed by atoms with Crippen LogP contribution in [0, 0.1) is 0 Å². The Morgan fingerprint density at radius 2 is 2.03 bits per heavy atom. The molecule has 1 atom stereocenters. The van der Waals surface area contributed by atoms with E-state index in [2.05, 4.69) is 28.5 Å². The van der Waals surface area contributed by atoms with E-state index < -0.39 is 0 Å². The van der Waals surface area contributed by atoms with Crippen LogP contribution in [-0.2, 0) is 16.0 Å². The fourth-order valence-corrected chi connectivity index (χ4v) is 4.33. The summed E-state index contributed by atoms with van der Waals surface area (Å²) in [7, 11) is 0. The molecule has 0 bridgehead atoms. The van der Waals surface area contributed by atoms with Crippen LogP contribution in [-0.4, -0.2) is 45.3 Å². The molecular formula is C22H20N4O2S. The van der Waals surface area contributed by atoms with Gasteiger partial charge in [-0.15, -0.1) is 5.10 Å². The van der Waals surface area contributed by atoms with Gasteiger partial charge in [-0.05, 0) is 34.0 Å². The number of thiophene rings is 1. The van der Waals surface area contributed by atoms with E-state index >= 15 is 0 Å². The zero-order valence-electron chi connectivity index (χ0n) is 15.8. The van der Waals surface area contributed by atoms with E-state index in [9.17, 15) is 4.79 Å². The number of amides is 1. The van der Waals surface area contributed by atoms with Crippen molar-refractivity contribution in [1.29, 1.82) is 0 Å². The summed E-state index contributed by atoms with van der Waals surface area (Å²) in [4.78, 5) is 14.5. The fraction of sp³-hybridized carbons (Fsp3) is 0.227. The van der Waals surface area contributed by atoms with Gasteiger partial charge in [0.05, 0.1) is 25.1 Å². The molecule has 1 aliphatic heterocycles. The Morgan fingerprint density at radius 1 is 1.14 bits per heavy atom. The van der Waals surface area contributed by atoms with Crippen LogP contribution in [0.1, 0.15) is 17.4 Å². The van der Waals surface area contributed by atoms with E-state index in [1.807, 2.05) is 52.2 Å². The lowest BCUT2D eigenvalue weighted by Gasteiger charge is -2.32. The molecule has 0 spiro atoms. The Balaban J connectivity index is 1.36. The van der Waals surface area contributed by atoms with Crippen LogP contribution >= 0.6 is 11.3 Å². The Bertz CT molecular complexity index is 1120. The minimum absolute atomic E-state index is 0.125. The first-order valence-corrected chi connectivity index (χ1v) is 10.5. The van der Waals surface area contributed by atoms with Gasteiger partial charge in [0.15, 0.2) is 0 Å². The van der Waals surface area contributed by atoms with Crippen LogP contribution in [0.15, 0.2) is 65.5 Å². The molecular weight excluding hydrogens is 384 g/mol. The van der Waals surface area contributed by atoms with E-state index in [0.29, 0.717) is 26.1 Å². The molecule has 3 aromatic heterocycles. The zero-order valence-corrected chi connectivity index (χ0v) is 16.6. The van der Waals surface area contributed by atoms with Crippen molar-refractivity contribution in [1.82, 2.24) is 19.7 Å². The molecule has 0 aliphatic carbocycles. The summed E-state index contributed by atoms with van der Waals surface area (Å²) in [6, 6.07) is 16.3. The Labute approximate surface area is 172 Å². The molecule has 1 aliphatic rings. The highest BCUT2D eigenvalue weighted by Gasteiger charge is 2.28. The highest BCUT2D eigenvalue weighted by atomic mass is 32.1. The second-order valence-corrected chi connectivity index (χ2v) is 7.88. The first-order valence-electron chi connectivity index (χ1n) is 9.59. The first kappa shape index (κ1) is 18.0. The number of hydrogen-bond donors (Lipinski definition) is 0. The van der Waals surface area contributed by atoms with E-state index in [0.717, 1.165) is 27.9 Å². The van der Waals surface area contributed by atoms with Gasteiger partial charge in [-0.1, -0.05) is 41.6 Å². The molecule has 4 heterocycles. The standard InChI is InChI=1S/C22H20N4O2S/c27-21(12-16-8-11-29-15-16)25-9-10-28-20(14-25)22-19-7-6-18(13-26(19)24-23-22)17-4-2-1-3-5-17/h1-8,11,13,15,20H,9-10,12,14H2. The molecule has 146 valence electrons. The van der Waals surface area contributed by atoms with Crippen molar-refractivity contribution < 1.29 is 9.53 Å². The van der Waals surface area contributed by atoms with Crippen LogP contribution in [0.2, 0.25) is 0 Å². The van der Waals surface area contributed by atoms with E-state index in [1.165, 1.54) is 0 Å².